The highest BCUT2D eigenvalue weighted by Crippen LogP contribution is 2.19. The van der Waals surface area contributed by atoms with Crippen LogP contribution in [0.2, 0.25) is 0 Å². The van der Waals surface area contributed by atoms with E-state index >= 15 is 0 Å². The van der Waals surface area contributed by atoms with Crippen LogP contribution in [0, 0.1) is 6.92 Å². The third kappa shape index (κ3) is 4.63. The molecule has 0 atom stereocenters. The summed E-state index contributed by atoms with van der Waals surface area (Å²) in [5.41, 5.74) is 3.34. The number of aryl methyl sites for hydroxylation is 1. The standard InChI is InChI=1S/C17H19N3O2/c1-12-10-15(8-9-16(12)19-13(2)21)20-17(22)18-11-14-6-4-3-5-7-14/h3-10H,11H2,1-2H3,(H,19,21)(H2,18,20,22). The van der Waals surface area contributed by atoms with Crippen molar-refractivity contribution in [2.75, 3.05) is 10.6 Å². The molecule has 0 saturated heterocycles. The summed E-state index contributed by atoms with van der Waals surface area (Å²) in [6.45, 7) is 3.80. The Labute approximate surface area is 129 Å². The third-order valence-corrected chi connectivity index (χ3v) is 3.09. The lowest BCUT2D eigenvalue weighted by Crippen LogP contribution is -2.28. The van der Waals surface area contributed by atoms with Crippen LogP contribution in [0.5, 0.6) is 0 Å². The van der Waals surface area contributed by atoms with Crippen LogP contribution in [0.1, 0.15) is 18.1 Å². The lowest BCUT2D eigenvalue weighted by molar-refractivity contribution is -0.114. The van der Waals surface area contributed by atoms with Gasteiger partial charge in [-0.15, -0.1) is 0 Å². The molecule has 0 aromatic heterocycles. The molecule has 0 fully saturated rings. The van der Waals surface area contributed by atoms with Crippen LogP contribution in [0.15, 0.2) is 48.5 Å². The molecule has 5 nitrogen and oxygen atoms in total. The van der Waals surface area contributed by atoms with Crippen LogP contribution in [0.3, 0.4) is 0 Å². The highest BCUT2D eigenvalue weighted by atomic mass is 16.2. The largest absolute Gasteiger partial charge is 0.334 e. The normalized spacial score (nSPS) is 9.91. The second kappa shape index (κ2) is 7.26. The highest BCUT2D eigenvalue weighted by molar-refractivity contribution is 5.92. The second-order valence-electron chi connectivity index (χ2n) is 5.00. The number of rotatable bonds is 4. The van der Waals surface area contributed by atoms with E-state index in [4.69, 9.17) is 0 Å². The van der Waals surface area contributed by atoms with Gasteiger partial charge in [0.1, 0.15) is 0 Å². The average molecular weight is 297 g/mol. The van der Waals surface area contributed by atoms with Crippen LogP contribution in [0.4, 0.5) is 16.2 Å². The van der Waals surface area contributed by atoms with Gasteiger partial charge in [0.05, 0.1) is 0 Å². The Morgan fingerprint density at radius 3 is 2.36 bits per heavy atom. The van der Waals surface area contributed by atoms with Crippen molar-refractivity contribution >= 4 is 23.3 Å². The number of hydrogen-bond donors (Lipinski definition) is 3. The first-order valence-electron chi connectivity index (χ1n) is 7.01. The summed E-state index contributed by atoms with van der Waals surface area (Å²) in [7, 11) is 0. The Kier molecular flexibility index (Phi) is 5.14. The van der Waals surface area contributed by atoms with Crippen molar-refractivity contribution in [3.63, 3.8) is 0 Å². The summed E-state index contributed by atoms with van der Waals surface area (Å²) in [6, 6.07) is 14.8. The van der Waals surface area contributed by atoms with E-state index in [-0.39, 0.29) is 11.9 Å². The summed E-state index contributed by atoms with van der Waals surface area (Å²) in [4.78, 5) is 22.9. The smallest absolute Gasteiger partial charge is 0.319 e. The number of urea groups is 1. The zero-order valence-electron chi connectivity index (χ0n) is 12.6. The molecule has 0 radical (unpaired) electrons. The molecule has 0 spiro atoms. The van der Waals surface area contributed by atoms with Crippen molar-refractivity contribution in [2.24, 2.45) is 0 Å². The molecule has 2 aromatic carbocycles. The molecule has 0 bridgehead atoms. The number of anilines is 2. The molecule has 0 heterocycles. The van der Waals surface area contributed by atoms with E-state index in [9.17, 15) is 9.59 Å². The minimum atomic E-state index is -0.268. The molecule has 2 aromatic rings. The molecule has 0 unspecified atom stereocenters. The van der Waals surface area contributed by atoms with E-state index in [0.29, 0.717) is 12.2 Å². The van der Waals surface area contributed by atoms with E-state index < -0.39 is 0 Å². The van der Waals surface area contributed by atoms with Gasteiger partial charge < -0.3 is 16.0 Å². The van der Waals surface area contributed by atoms with Gasteiger partial charge in [-0.3, -0.25) is 4.79 Å². The van der Waals surface area contributed by atoms with E-state index in [1.54, 1.807) is 12.1 Å². The van der Waals surface area contributed by atoms with Gasteiger partial charge in [-0.1, -0.05) is 30.3 Å². The SMILES string of the molecule is CC(=O)Nc1ccc(NC(=O)NCc2ccccc2)cc1C. The number of carbonyl (C=O) groups is 2. The van der Waals surface area contributed by atoms with Gasteiger partial charge in [0, 0.05) is 24.8 Å². The van der Waals surface area contributed by atoms with Crippen molar-refractivity contribution < 1.29 is 9.59 Å². The van der Waals surface area contributed by atoms with Crippen LogP contribution >= 0.6 is 0 Å². The maximum absolute atomic E-state index is 11.9. The Bertz CT molecular complexity index is 669. The number of amides is 3. The Morgan fingerprint density at radius 2 is 1.73 bits per heavy atom. The zero-order valence-corrected chi connectivity index (χ0v) is 12.6. The minimum absolute atomic E-state index is 0.121. The zero-order chi connectivity index (χ0) is 15.9. The van der Waals surface area contributed by atoms with Crippen molar-refractivity contribution in [3.8, 4) is 0 Å². The number of benzene rings is 2. The molecular weight excluding hydrogens is 278 g/mol. The predicted octanol–water partition coefficient (Wildman–Crippen LogP) is 3.28. The maximum Gasteiger partial charge on any atom is 0.319 e. The summed E-state index contributed by atoms with van der Waals surface area (Å²) >= 11 is 0. The number of nitrogens with one attached hydrogen (secondary N) is 3. The van der Waals surface area contributed by atoms with Gasteiger partial charge in [-0.25, -0.2) is 4.79 Å². The minimum Gasteiger partial charge on any atom is -0.334 e. The van der Waals surface area contributed by atoms with Gasteiger partial charge in [0.25, 0.3) is 0 Å². The average Bonchev–Trinajstić information content (AvgIpc) is 2.49. The van der Waals surface area contributed by atoms with E-state index in [1.165, 1.54) is 6.92 Å². The molecule has 2 rings (SSSR count). The molecule has 0 saturated carbocycles. The first-order chi connectivity index (χ1) is 10.5. The Balaban J connectivity index is 1.91. The lowest BCUT2D eigenvalue weighted by atomic mass is 10.1. The molecule has 3 N–H and O–H groups in total. The van der Waals surface area contributed by atoms with Crippen LogP contribution < -0.4 is 16.0 Å². The Hall–Kier alpha value is -2.82. The van der Waals surface area contributed by atoms with E-state index in [2.05, 4.69) is 16.0 Å². The molecular formula is C17H19N3O2. The topological polar surface area (TPSA) is 70.2 Å². The summed E-state index contributed by atoms with van der Waals surface area (Å²) in [5, 5.41) is 8.30. The van der Waals surface area contributed by atoms with Crippen molar-refractivity contribution in [1.82, 2.24) is 5.32 Å². The van der Waals surface area contributed by atoms with Crippen LogP contribution in [-0.4, -0.2) is 11.9 Å². The third-order valence-electron chi connectivity index (χ3n) is 3.09. The van der Waals surface area contributed by atoms with Gasteiger partial charge in [-0.2, -0.15) is 0 Å². The quantitative estimate of drug-likeness (QED) is 0.810. The van der Waals surface area contributed by atoms with Crippen LogP contribution in [0.25, 0.3) is 0 Å². The maximum atomic E-state index is 11.9. The first kappa shape index (κ1) is 15.6. The van der Waals surface area contributed by atoms with Gasteiger partial charge in [0.15, 0.2) is 0 Å². The van der Waals surface area contributed by atoms with Crippen LogP contribution in [-0.2, 0) is 11.3 Å². The molecule has 22 heavy (non-hydrogen) atoms. The predicted molar refractivity (Wildman–Crippen MR) is 87.8 cm³/mol. The van der Waals surface area contributed by atoms with Crippen molar-refractivity contribution in [2.45, 2.75) is 20.4 Å². The summed E-state index contributed by atoms with van der Waals surface area (Å²) < 4.78 is 0. The van der Waals surface area contributed by atoms with Gasteiger partial charge in [0.2, 0.25) is 5.91 Å². The van der Waals surface area contributed by atoms with Gasteiger partial charge >= 0.3 is 6.03 Å². The fraction of sp³-hybridized carbons (Fsp3) is 0.176. The molecule has 0 aliphatic rings. The first-order valence-corrected chi connectivity index (χ1v) is 7.01. The number of carbonyl (C=O) groups excluding carboxylic acids is 2. The van der Waals surface area contributed by atoms with Crippen molar-refractivity contribution in [3.05, 3.63) is 59.7 Å². The second-order valence-corrected chi connectivity index (χ2v) is 5.00. The summed E-state index contributed by atoms with van der Waals surface area (Å²) in [6.07, 6.45) is 0. The highest BCUT2D eigenvalue weighted by Gasteiger charge is 2.05. The van der Waals surface area contributed by atoms with Crippen molar-refractivity contribution in [1.29, 1.82) is 0 Å². The van der Waals surface area contributed by atoms with E-state index in [0.717, 1.165) is 16.8 Å². The fourth-order valence-corrected chi connectivity index (χ4v) is 2.02. The fourth-order valence-electron chi connectivity index (χ4n) is 2.02. The Morgan fingerprint density at radius 1 is 1.00 bits per heavy atom. The van der Waals surface area contributed by atoms with Gasteiger partial charge in [-0.05, 0) is 36.2 Å². The number of hydrogen-bond acceptors (Lipinski definition) is 2. The van der Waals surface area contributed by atoms with E-state index in [1.807, 2.05) is 43.3 Å². The lowest BCUT2D eigenvalue weighted by Gasteiger charge is -2.11. The summed E-state index contributed by atoms with van der Waals surface area (Å²) in [5.74, 6) is -0.121. The molecule has 0 aliphatic carbocycles. The monoisotopic (exact) mass is 297 g/mol. The molecule has 114 valence electrons. The molecule has 5 heteroatoms. The molecule has 3 amide bonds. The molecule has 0 aliphatic heterocycles.